The summed E-state index contributed by atoms with van der Waals surface area (Å²) in [5, 5.41) is 3.13. The second kappa shape index (κ2) is 13.6. The van der Waals surface area contributed by atoms with Crippen LogP contribution < -0.4 is 9.62 Å². The van der Waals surface area contributed by atoms with Gasteiger partial charge in [0.15, 0.2) is 0 Å². The normalized spacial score (nSPS) is 14.4. The van der Waals surface area contributed by atoms with Crippen LogP contribution in [-0.4, -0.2) is 50.0 Å². The van der Waals surface area contributed by atoms with E-state index >= 15 is 0 Å². The second-order valence-electron chi connectivity index (χ2n) is 10.5. The molecule has 0 aromatic heterocycles. The Morgan fingerprint density at radius 1 is 1.00 bits per heavy atom. The molecule has 1 fully saturated rings. The summed E-state index contributed by atoms with van der Waals surface area (Å²) in [4.78, 5) is 29.4. The molecule has 1 N–H and O–H groups in total. The minimum Gasteiger partial charge on any atom is -0.352 e. The summed E-state index contributed by atoms with van der Waals surface area (Å²) in [5.41, 5.74) is 2.64. The fourth-order valence-corrected chi connectivity index (χ4v) is 6.19. The van der Waals surface area contributed by atoms with Crippen LogP contribution in [0.15, 0.2) is 77.3 Å². The lowest BCUT2D eigenvalue weighted by atomic mass is 10.0. The van der Waals surface area contributed by atoms with Crippen LogP contribution in [0.3, 0.4) is 0 Å². The number of hydrogen-bond donors (Lipinski definition) is 1. The molecule has 0 saturated heterocycles. The molecule has 0 aliphatic heterocycles. The minimum absolute atomic E-state index is 0.00562. The lowest BCUT2D eigenvalue weighted by Crippen LogP contribution is -2.54. The van der Waals surface area contributed by atoms with Gasteiger partial charge < -0.3 is 10.2 Å². The number of amides is 2. The smallest absolute Gasteiger partial charge is 0.244 e. The number of nitrogens with zero attached hydrogens (tertiary/aromatic N) is 2. The third-order valence-electron chi connectivity index (χ3n) is 7.35. The highest BCUT2D eigenvalue weighted by Gasteiger charge is 2.34. The van der Waals surface area contributed by atoms with E-state index in [2.05, 4.69) is 21.2 Å². The van der Waals surface area contributed by atoms with Gasteiger partial charge in [-0.15, -0.1) is 0 Å². The lowest BCUT2D eigenvalue weighted by Gasteiger charge is -2.34. The number of aryl methyl sites for hydroxylation is 1. The first-order chi connectivity index (χ1) is 19.5. The molecule has 2 amide bonds. The molecule has 41 heavy (non-hydrogen) atoms. The number of nitrogens with one attached hydrogen (secondary N) is 1. The van der Waals surface area contributed by atoms with E-state index in [-0.39, 0.29) is 24.9 Å². The van der Waals surface area contributed by atoms with Crippen molar-refractivity contribution in [1.82, 2.24) is 10.2 Å². The molecule has 1 aliphatic carbocycles. The van der Waals surface area contributed by atoms with Crippen molar-refractivity contribution in [2.45, 2.75) is 57.7 Å². The molecule has 1 aliphatic rings. The van der Waals surface area contributed by atoms with Gasteiger partial charge in [0.05, 0.1) is 11.9 Å². The fraction of sp³-hybridized carbons (Fsp3) is 0.355. The Kier molecular flexibility index (Phi) is 10.2. The van der Waals surface area contributed by atoms with E-state index < -0.39 is 34.3 Å². The molecule has 4 rings (SSSR count). The monoisotopic (exact) mass is 643 g/mol. The van der Waals surface area contributed by atoms with Gasteiger partial charge in [-0.25, -0.2) is 12.8 Å². The first-order valence-electron chi connectivity index (χ1n) is 13.6. The fourth-order valence-electron chi connectivity index (χ4n) is 5.11. The van der Waals surface area contributed by atoms with Gasteiger partial charge in [-0.1, -0.05) is 71.2 Å². The van der Waals surface area contributed by atoms with Crippen molar-refractivity contribution in [3.05, 3.63) is 99.8 Å². The second-order valence-corrected chi connectivity index (χ2v) is 13.3. The topological polar surface area (TPSA) is 86.8 Å². The van der Waals surface area contributed by atoms with Gasteiger partial charge in [0.2, 0.25) is 21.8 Å². The Bertz CT molecular complexity index is 1460. The molecule has 10 heteroatoms. The number of carbonyl (C=O) groups is 2. The van der Waals surface area contributed by atoms with Crippen LogP contribution in [-0.2, 0) is 32.6 Å². The summed E-state index contributed by atoms with van der Waals surface area (Å²) in [6, 6.07) is 19.3. The van der Waals surface area contributed by atoms with Gasteiger partial charge >= 0.3 is 0 Å². The standard InChI is InChI=1S/C31H35BrFN3O4S/c1-22-18-27(16-17-28(22)32)36(41(2,39)40)21-30(37)35(20-24-12-14-25(33)15-13-24)29(19-23-8-4-3-5-9-23)31(38)34-26-10-6-7-11-26/h3-5,8-9,12-18,26,29H,6-7,10-11,19-21H2,1-2H3,(H,34,38)/t29-/m0/s1. The van der Waals surface area contributed by atoms with Crippen LogP contribution in [0.25, 0.3) is 0 Å². The van der Waals surface area contributed by atoms with Crippen molar-refractivity contribution in [2.75, 3.05) is 17.1 Å². The van der Waals surface area contributed by atoms with Crippen molar-refractivity contribution in [3.8, 4) is 0 Å². The predicted molar refractivity (Wildman–Crippen MR) is 162 cm³/mol. The quantitative estimate of drug-likeness (QED) is 0.305. The number of benzene rings is 3. The van der Waals surface area contributed by atoms with E-state index in [1.807, 2.05) is 37.3 Å². The molecule has 0 bridgehead atoms. The van der Waals surface area contributed by atoms with Crippen LogP contribution in [0.4, 0.5) is 10.1 Å². The number of halogens is 2. The zero-order valence-electron chi connectivity index (χ0n) is 23.2. The summed E-state index contributed by atoms with van der Waals surface area (Å²) >= 11 is 3.43. The van der Waals surface area contributed by atoms with Gasteiger partial charge in [-0.05, 0) is 66.8 Å². The van der Waals surface area contributed by atoms with Crippen molar-refractivity contribution >= 4 is 43.5 Å². The van der Waals surface area contributed by atoms with Crippen molar-refractivity contribution in [3.63, 3.8) is 0 Å². The van der Waals surface area contributed by atoms with Crippen molar-refractivity contribution < 1.29 is 22.4 Å². The molecular weight excluding hydrogens is 609 g/mol. The maximum Gasteiger partial charge on any atom is 0.244 e. The van der Waals surface area contributed by atoms with Gasteiger partial charge in [0, 0.05) is 23.5 Å². The van der Waals surface area contributed by atoms with Gasteiger partial charge in [-0.3, -0.25) is 13.9 Å². The maximum atomic E-state index is 14.1. The molecule has 218 valence electrons. The largest absolute Gasteiger partial charge is 0.352 e. The van der Waals surface area contributed by atoms with Gasteiger partial charge in [-0.2, -0.15) is 0 Å². The Hall–Kier alpha value is -3.24. The predicted octanol–water partition coefficient (Wildman–Crippen LogP) is 5.36. The molecule has 3 aromatic carbocycles. The Labute approximate surface area is 249 Å². The first-order valence-corrected chi connectivity index (χ1v) is 16.3. The van der Waals surface area contributed by atoms with E-state index in [0.717, 1.165) is 51.8 Å². The summed E-state index contributed by atoms with van der Waals surface area (Å²) < 4.78 is 41.4. The summed E-state index contributed by atoms with van der Waals surface area (Å²) in [5.74, 6) is -1.25. The van der Waals surface area contributed by atoms with E-state index in [1.165, 1.54) is 17.0 Å². The number of carbonyl (C=O) groups excluding carboxylic acids is 2. The van der Waals surface area contributed by atoms with Crippen LogP contribution in [0, 0.1) is 12.7 Å². The van der Waals surface area contributed by atoms with Crippen molar-refractivity contribution in [2.24, 2.45) is 0 Å². The number of anilines is 1. The van der Waals surface area contributed by atoms with Gasteiger partial charge in [0.25, 0.3) is 0 Å². The van der Waals surface area contributed by atoms with E-state index in [9.17, 15) is 22.4 Å². The average Bonchev–Trinajstić information content (AvgIpc) is 3.45. The average molecular weight is 645 g/mol. The highest BCUT2D eigenvalue weighted by atomic mass is 79.9. The number of rotatable bonds is 11. The van der Waals surface area contributed by atoms with E-state index in [1.54, 1.807) is 30.3 Å². The highest BCUT2D eigenvalue weighted by Crippen LogP contribution is 2.26. The summed E-state index contributed by atoms with van der Waals surface area (Å²) in [6.07, 6.45) is 5.10. The van der Waals surface area contributed by atoms with Crippen LogP contribution in [0.1, 0.15) is 42.4 Å². The zero-order valence-corrected chi connectivity index (χ0v) is 25.6. The third kappa shape index (κ3) is 8.39. The van der Waals surface area contributed by atoms with Crippen LogP contribution in [0.5, 0.6) is 0 Å². The highest BCUT2D eigenvalue weighted by molar-refractivity contribution is 9.10. The zero-order chi connectivity index (χ0) is 29.6. The minimum atomic E-state index is -3.86. The summed E-state index contributed by atoms with van der Waals surface area (Å²) in [7, 11) is -3.86. The van der Waals surface area contributed by atoms with Gasteiger partial charge in [0.1, 0.15) is 18.4 Å². The molecule has 0 spiro atoms. The molecule has 3 aromatic rings. The summed E-state index contributed by atoms with van der Waals surface area (Å²) in [6.45, 7) is 1.34. The lowest BCUT2D eigenvalue weighted by molar-refractivity contribution is -0.140. The van der Waals surface area contributed by atoms with Crippen molar-refractivity contribution in [1.29, 1.82) is 0 Å². The SMILES string of the molecule is Cc1cc(N(CC(=O)N(Cc2ccc(F)cc2)[C@@H](Cc2ccccc2)C(=O)NC2CCCC2)S(C)(=O)=O)ccc1Br. The van der Waals surface area contributed by atoms with E-state index in [4.69, 9.17) is 0 Å². The van der Waals surface area contributed by atoms with E-state index in [0.29, 0.717) is 11.3 Å². The molecule has 1 saturated carbocycles. The first kappa shape index (κ1) is 30.7. The number of hydrogen-bond acceptors (Lipinski definition) is 4. The van der Waals surface area contributed by atoms with Crippen LogP contribution in [0.2, 0.25) is 0 Å². The third-order valence-corrected chi connectivity index (χ3v) is 9.38. The Morgan fingerprint density at radius 2 is 1.66 bits per heavy atom. The maximum absolute atomic E-state index is 14.1. The molecular formula is C31H35BrFN3O4S. The number of sulfonamides is 1. The molecule has 7 nitrogen and oxygen atoms in total. The van der Waals surface area contributed by atoms with Crippen LogP contribution >= 0.6 is 15.9 Å². The molecule has 0 unspecified atom stereocenters. The Morgan fingerprint density at radius 3 is 2.27 bits per heavy atom. The molecule has 0 radical (unpaired) electrons. The molecule has 0 heterocycles. The Balaban J connectivity index is 1.72. The molecule has 1 atom stereocenters.